The Kier molecular flexibility index (Phi) is 5.21. The van der Waals surface area contributed by atoms with Crippen molar-refractivity contribution in [3.63, 3.8) is 0 Å². The van der Waals surface area contributed by atoms with Gasteiger partial charge in [-0.05, 0) is 44.1 Å². The average Bonchev–Trinajstić information content (AvgIpc) is 1.97. The van der Waals surface area contributed by atoms with Gasteiger partial charge in [0.15, 0.2) is 0 Å². The van der Waals surface area contributed by atoms with Crippen LogP contribution >= 0.6 is 0 Å². The summed E-state index contributed by atoms with van der Waals surface area (Å²) in [5.41, 5.74) is -1.46. The maximum atomic E-state index is 10.3. The molecule has 0 amide bonds. The van der Waals surface area contributed by atoms with Crippen LogP contribution in [0.1, 0.15) is 54.4 Å². The van der Waals surface area contributed by atoms with Crippen LogP contribution in [0.5, 0.6) is 0 Å². The van der Waals surface area contributed by atoms with Crippen LogP contribution in [0.2, 0.25) is 0 Å². The Labute approximate surface area is 100 Å². The molecule has 0 aromatic rings. The molecule has 0 saturated heterocycles. The van der Waals surface area contributed by atoms with Gasteiger partial charge in [0.05, 0.1) is 11.2 Å². The van der Waals surface area contributed by atoms with Crippen molar-refractivity contribution in [2.45, 2.75) is 65.6 Å². The number of rotatable bonds is 6. The molecule has 0 heterocycles. The quantitative estimate of drug-likeness (QED) is 0.686. The molecular formula is C14H28O2. The van der Waals surface area contributed by atoms with Crippen molar-refractivity contribution in [2.24, 2.45) is 11.8 Å². The fourth-order valence-corrected chi connectivity index (χ4v) is 2.42. The molecule has 0 fully saturated rings. The van der Waals surface area contributed by atoms with Gasteiger partial charge in [0.1, 0.15) is 0 Å². The molecule has 0 spiro atoms. The summed E-state index contributed by atoms with van der Waals surface area (Å²) >= 11 is 0. The van der Waals surface area contributed by atoms with Crippen molar-refractivity contribution in [3.8, 4) is 0 Å². The monoisotopic (exact) mass is 228 g/mol. The molecule has 0 bridgehead atoms. The zero-order valence-electron chi connectivity index (χ0n) is 11.7. The van der Waals surface area contributed by atoms with E-state index in [1.54, 1.807) is 13.8 Å². The first-order valence-electron chi connectivity index (χ1n) is 6.13. The maximum absolute atomic E-state index is 10.3. The highest BCUT2D eigenvalue weighted by atomic mass is 16.3. The molecule has 2 heteroatoms. The Balaban J connectivity index is 4.76. The van der Waals surface area contributed by atoms with Crippen LogP contribution in [0.4, 0.5) is 0 Å². The van der Waals surface area contributed by atoms with Gasteiger partial charge < -0.3 is 10.2 Å². The lowest BCUT2D eigenvalue weighted by Gasteiger charge is -2.37. The largest absolute Gasteiger partial charge is 0.386 e. The first-order valence-corrected chi connectivity index (χ1v) is 6.13. The molecule has 96 valence electrons. The van der Waals surface area contributed by atoms with E-state index in [9.17, 15) is 10.2 Å². The van der Waals surface area contributed by atoms with Crippen LogP contribution in [0.3, 0.4) is 0 Å². The van der Waals surface area contributed by atoms with Crippen molar-refractivity contribution in [1.82, 2.24) is 0 Å². The molecule has 0 aliphatic carbocycles. The second kappa shape index (κ2) is 5.33. The van der Waals surface area contributed by atoms with Crippen LogP contribution in [0, 0.1) is 11.8 Å². The standard InChI is InChI=1S/C14H28O2/c1-10(2)8-13(6,15)12(5)14(7,16)9-11(3)4/h10-11,15-16H,5,8-9H2,1-4,6-7H3. The fraction of sp³-hybridized carbons (Fsp3) is 0.857. The molecule has 0 aliphatic heterocycles. The lowest BCUT2D eigenvalue weighted by Crippen LogP contribution is -2.42. The van der Waals surface area contributed by atoms with E-state index >= 15 is 0 Å². The second-order valence-corrected chi connectivity index (χ2v) is 6.22. The highest BCUT2D eigenvalue weighted by Gasteiger charge is 2.37. The summed E-state index contributed by atoms with van der Waals surface area (Å²) in [5.74, 6) is 0.753. The van der Waals surface area contributed by atoms with E-state index in [-0.39, 0.29) is 0 Å². The van der Waals surface area contributed by atoms with Crippen molar-refractivity contribution in [3.05, 3.63) is 12.2 Å². The highest BCUT2D eigenvalue weighted by Crippen LogP contribution is 2.34. The van der Waals surface area contributed by atoms with E-state index in [0.717, 1.165) is 0 Å². The third kappa shape index (κ3) is 4.67. The van der Waals surface area contributed by atoms with Gasteiger partial charge in [-0.25, -0.2) is 0 Å². The van der Waals surface area contributed by atoms with Gasteiger partial charge >= 0.3 is 0 Å². The minimum atomic E-state index is -0.993. The maximum Gasteiger partial charge on any atom is 0.0855 e. The molecule has 0 rings (SSSR count). The molecule has 0 aromatic carbocycles. The van der Waals surface area contributed by atoms with Crippen LogP contribution in [0.25, 0.3) is 0 Å². The zero-order valence-corrected chi connectivity index (χ0v) is 11.7. The third-order valence-electron chi connectivity index (χ3n) is 2.91. The summed E-state index contributed by atoms with van der Waals surface area (Å²) in [6, 6.07) is 0. The number of hydrogen-bond donors (Lipinski definition) is 2. The van der Waals surface area contributed by atoms with E-state index < -0.39 is 11.2 Å². The van der Waals surface area contributed by atoms with Crippen molar-refractivity contribution < 1.29 is 10.2 Å². The molecule has 0 aliphatic rings. The van der Waals surface area contributed by atoms with Crippen LogP contribution in [-0.2, 0) is 0 Å². The summed E-state index contributed by atoms with van der Waals surface area (Å²) in [5, 5.41) is 20.7. The lowest BCUT2D eigenvalue weighted by atomic mass is 9.76. The lowest BCUT2D eigenvalue weighted by molar-refractivity contribution is 0.000515. The Morgan fingerprint density at radius 1 is 0.938 bits per heavy atom. The van der Waals surface area contributed by atoms with Gasteiger partial charge in [0, 0.05) is 0 Å². The summed E-state index contributed by atoms with van der Waals surface area (Å²) in [7, 11) is 0. The predicted octanol–water partition coefficient (Wildman–Crippen LogP) is 3.14. The summed E-state index contributed by atoms with van der Waals surface area (Å²) in [4.78, 5) is 0. The summed E-state index contributed by atoms with van der Waals surface area (Å²) < 4.78 is 0. The molecule has 2 nitrogen and oxygen atoms in total. The van der Waals surface area contributed by atoms with E-state index in [0.29, 0.717) is 30.3 Å². The molecule has 0 saturated carbocycles. The third-order valence-corrected chi connectivity index (χ3v) is 2.91. The molecule has 2 unspecified atom stereocenters. The summed E-state index contributed by atoms with van der Waals surface area (Å²) in [6.45, 7) is 15.6. The van der Waals surface area contributed by atoms with E-state index in [2.05, 4.69) is 34.3 Å². The van der Waals surface area contributed by atoms with E-state index in [4.69, 9.17) is 0 Å². The van der Waals surface area contributed by atoms with Crippen molar-refractivity contribution in [1.29, 1.82) is 0 Å². The summed E-state index contributed by atoms with van der Waals surface area (Å²) in [6.07, 6.45) is 1.25. The number of hydrogen-bond acceptors (Lipinski definition) is 2. The average molecular weight is 228 g/mol. The topological polar surface area (TPSA) is 40.5 Å². The van der Waals surface area contributed by atoms with Crippen molar-refractivity contribution in [2.75, 3.05) is 0 Å². The molecular weight excluding hydrogens is 200 g/mol. The predicted molar refractivity (Wildman–Crippen MR) is 69.3 cm³/mol. The zero-order chi connectivity index (χ0) is 13.1. The van der Waals surface area contributed by atoms with Crippen LogP contribution in [-0.4, -0.2) is 21.4 Å². The molecule has 2 N–H and O–H groups in total. The smallest absolute Gasteiger partial charge is 0.0855 e. The van der Waals surface area contributed by atoms with Gasteiger partial charge in [-0.3, -0.25) is 0 Å². The molecule has 0 aromatic heterocycles. The van der Waals surface area contributed by atoms with Crippen LogP contribution < -0.4 is 0 Å². The van der Waals surface area contributed by atoms with Gasteiger partial charge in [-0.1, -0.05) is 34.3 Å². The first-order chi connectivity index (χ1) is 6.99. The Morgan fingerprint density at radius 3 is 1.38 bits per heavy atom. The Bertz CT molecular complexity index is 213. The van der Waals surface area contributed by atoms with Crippen molar-refractivity contribution >= 4 is 0 Å². The Morgan fingerprint density at radius 2 is 1.19 bits per heavy atom. The van der Waals surface area contributed by atoms with E-state index in [1.165, 1.54) is 0 Å². The van der Waals surface area contributed by atoms with Gasteiger partial charge in [-0.15, -0.1) is 0 Å². The van der Waals surface area contributed by atoms with E-state index in [1.807, 2.05) is 0 Å². The minimum absolute atomic E-state index is 0.376. The number of aliphatic hydroxyl groups is 2. The molecule has 16 heavy (non-hydrogen) atoms. The first kappa shape index (κ1) is 15.7. The normalized spacial score (nSPS) is 19.6. The Hall–Kier alpha value is -0.340. The van der Waals surface area contributed by atoms with Gasteiger partial charge in [0.2, 0.25) is 0 Å². The van der Waals surface area contributed by atoms with Gasteiger partial charge in [-0.2, -0.15) is 0 Å². The molecule has 0 radical (unpaired) electrons. The van der Waals surface area contributed by atoms with Gasteiger partial charge in [0.25, 0.3) is 0 Å². The molecule has 2 atom stereocenters. The SMILES string of the molecule is C=C(C(C)(O)CC(C)C)C(C)(O)CC(C)C. The van der Waals surface area contributed by atoms with Crippen LogP contribution in [0.15, 0.2) is 12.2 Å². The highest BCUT2D eigenvalue weighted by molar-refractivity contribution is 5.21. The minimum Gasteiger partial charge on any atom is -0.386 e. The fourth-order valence-electron chi connectivity index (χ4n) is 2.42. The second-order valence-electron chi connectivity index (χ2n) is 6.22.